The van der Waals surface area contributed by atoms with E-state index in [0.717, 1.165) is 12.8 Å². The maximum absolute atomic E-state index is 11.3. The van der Waals surface area contributed by atoms with Crippen molar-refractivity contribution in [2.75, 3.05) is 13.2 Å². The third-order valence-electron chi connectivity index (χ3n) is 5.50. The zero-order chi connectivity index (χ0) is 22.5. The fourth-order valence-electron chi connectivity index (χ4n) is 3.46. The summed E-state index contributed by atoms with van der Waals surface area (Å²) >= 11 is 0. The molecule has 0 bridgehead atoms. The van der Waals surface area contributed by atoms with Gasteiger partial charge in [0.25, 0.3) is 0 Å². The van der Waals surface area contributed by atoms with Crippen molar-refractivity contribution in [1.29, 1.82) is 0 Å². The number of nitrogens with two attached hydrogens (primary N) is 3. The molecular formula is C24H47N3O3. The molecule has 0 aromatic rings. The van der Waals surface area contributed by atoms with Crippen LogP contribution in [0.4, 0.5) is 0 Å². The Kier molecular flexibility index (Phi) is 19.9. The SMILES string of the molecule is CCCCCCCC/C=C\CCCCCCCCOCCC(C(N)=O)C(N)C(N)=O. The smallest absolute Gasteiger partial charge is 0.235 e. The van der Waals surface area contributed by atoms with Crippen molar-refractivity contribution in [2.24, 2.45) is 23.1 Å². The fourth-order valence-corrected chi connectivity index (χ4v) is 3.46. The molecule has 0 aliphatic carbocycles. The number of primary amides is 2. The van der Waals surface area contributed by atoms with Crippen LogP contribution < -0.4 is 17.2 Å². The van der Waals surface area contributed by atoms with Gasteiger partial charge in [-0.15, -0.1) is 0 Å². The minimum Gasteiger partial charge on any atom is -0.381 e. The minimum atomic E-state index is -1.04. The minimum absolute atomic E-state index is 0.325. The first kappa shape index (κ1) is 28.6. The van der Waals surface area contributed by atoms with Crippen LogP contribution in [0.3, 0.4) is 0 Å². The quantitative estimate of drug-likeness (QED) is 0.176. The first-order valence-electron chi connectivity index (χ1n) is 12.1. The Labute approximate surface area is 184 Å². The fraction of sp³-hybridized carbons (Fsp3) is 0.833. The highest BCUT2D eigenvalue weighted by atomic mass is 16.5. The van der Waals surface area contributed by atoms with Crippen LogP contribution >= 0.6 is 0 Å². The molecule has 0 aromatic heterocycles. The maximum Gasteiger partial charge on any atom is 0.235 e. The van der Waals surface area contributed by atoms with Gasteiger partial charge in [-0.05, 0) is 38.5 Å². The maximum atomic E-state index is 11.3. The molecule has 2 amide bonds. The van der Waals surface area contributed by atoms with Crippen LogP contribution in [0.1, 0.15) is 103 Å². The van der Waals surface area contributed by atoms with Crippen molar-refractivity contribution in [3.63, 3.8) is 0 Å². The Balaban J connectivity index is 3.39. The lowest BCUT2D eigenvalue weighted by Crippen LogP contribution is -2.48. The van der Waals surface area contributed by atoms with Crippen LogP contribution in [-0.2, 0) is 14.3 Å². The Hall–Kier alpha value is -1.40. The monoisotopic (exact) mass is 425 g/mol. The number of allylic oxidation sites excluding steroid dienone is 2. The molecule has 6 nitrogen and oxygen atoms in total. The van der Waals surface area contributed by atoms with Gasteiger partial charge in [0.2, 0.25) is 11.8 Å². The summed E-state index contributed by atoms with van der Waals surface area (Å²) in [6, 6.07) is -1.04. The van der Waals surface area contributed by atoms with Crippen LogP contribution in [0.5, 0.6) is 0 Å². The van der Waals surface area contributed by atoms with E-state index in [2.05, 4.69) is 19.1 Å². The third kappa shape index (κ3) is 17.5. The highest BCUT2D eigenvalue weighted by Gasteiger charge is 2.27. The van der Waals surface area contributed by atoms with Gasteiger partial charge in [-0.2, -0.15) is 0 Å². The number of amides is 2. The Bertz CT molecular complexity index is 455. The molecular weight excluding hydrogens is 378 g/mol. The molecule has 6 N–H and O–H groups in total. The molecule has 0 aliphatic rings. The van der Waals surface area contributed by atoms with Crippen molar-refractivity contribution >= 4 is 11.8 Å². The van der Waals surface area contributed by atoms with Crippen molar-refractivity contribution in [2.45, 2.75) is 109 Å². The predicted molar refractivity (Wildman–Crippen MR) is 125 cm³/mol. The Morgan fingerprint density at radius 3 is 1.73 bits per heavy atom. The summed E-state index contributed by atoms with van der Waals surface area (Å²) in [6.45, 7) is 3.27. The molecule has 0 saturated heterocycles. The summed E-state index contributed by atoms with van der Waals surface area (Å²) in [4.78, 5) is 22.4. The molecule has 2 unspecified atom stereocenters. The van der Waals surface area contributed by atoms with Gasteiger partial charge in [0.05, 0.1) is 12.0 Å². The molecule has 0 aliphatic heterocycles. The summed E-state index contributed by atoms with van der Waals surface area (Å²) in [7, 11) is 0. The molecule has 0 aromatic carbocycles. The lowest BCUT2D eigenvalue weighted by molar-refractivity contribution is -0.128. The van der Waals surface area contributed by atoms with Gasteiger partial charge in [0.15, 0.2) is 0 Å². The number of hydrogen-bond donors (Lipinski definition) is 3. The topological polar surface area (TPSA) is 121 Å². The van der Waals surface area contributed by atoms with E-state index in [1.54, 1.807) is 0 Å². The van der Waals surface area contributed by atoms with E-state index < -0.39 is 23.8 Å². The number of rotatable bonds is 22. The first-order chi connectivity index (χ1) is 14.5. The summed E-state index contributed by atoms with van der Waals surface area (Å²) in [5.41, 5.74) is 16.0. The van der Waals surface area contributed by atoms with Gasteiger partial charge in [-0.1, -0.05) is 76.9 Å². The van der Waals surface area contributed by atoms with E-state index in [-0.39, 0.29) is 0 Å². The number of ether oxygens (including phenoxy) is 1. The zero-order valence-electron chi connectivity index (χ0n) is 19.3. The van der Waals surface area contributed by atoms with E-state index in [1.807, 2.05) is 0 Å². The first-order valence-corrected chi connectivity index (χ1v) is 12.1. The second-order valence-corrected chi connectivity index (χ2v) is 8.28. The number of carbonyl (C=O) groups is 2. The normalized spacial score (nSPS) is 13.5. The van der Waals surface area contributed by atoms with Gasteiger partial charge in [-0.3, -0.25) is 9.59 Å². The molecule has 0 fully saturated rings. The van der Waals surface area contributed by atoms with E-state index >= 15 is 0 Å². The van der Waals surface area contributed by atoms with E-state index in [1.165, 1.54) is 77.0 Å². The molecule has 0 spiro atoms. The van der Waals surface area contributed by atoms with Crippen molar-refractivity contribution < 1.29 is 14.3 Å². The molecule has 0 rings (SSSR count). The van der Waals surface area contributed by atoms with Crippen LogP contribution in [0.25, 0.3) is 0 Å². The number of carbonyl (C=O) groups excluding carboxylic acids is 2. The average molecular weight is 426 g/mol. The Morgan fingerprint density at radius 1 is 0.733 bits per heavy atom. The van der Waals surface area contributed by atoms with Crippen LogP contribution in [-0.4, -0.2) is 31.1 Å². The van der Waals surface area contributed by atoms with E-state index in [4.69, 9.17) is 21.9 Å². The summed E-state index contributed by atoms with van der Waals surface area (Å²) in [5.74, 6) is -2.09. The number of unbranched alkanes of at least 4 members (excludes halogenated alkanes) is 12. The second-order valence-electron chi connectivity index (χ2n) is 8.28. The molecule has 0 radical (unpaired) electrons. The van der Waals surface area contributed by atoms with Crippen LogP contribution in [0, 0.1) is 5.92 Å². The second kappa shape index (κ2) is 20.9. The van der Waals surface area contributed by atoms with E-state index in [9.17, 15) is 9.59 Å². The van der Waals surface area contributed by atoms with Crippen molar-refractivity contribution in [1.82, 2.24) is 0 Å². The van der Waals surface area contributed by atoms with Crippen LogP contribution in [0.15, 0.2) is 12.2 Å². The average Bonchev–Trinajstić information content (AvgIpc) is 2.71. The molecule has 0 heterocycles. The lowest BCUT2D eigenvalue weighted by Gasteiger charge is -2.18. The summed E-state index contributed by atoms with van der Waals surface area (Å²) < 4.78 is 5.54. The molecule has 30 heavy (non-hydrogen) atoms. The van der Waals surface area contributed by atoms with Crippen molar-refractivity contribution in [3.8, 4) is 0 Å². The van der Waals surface area contributed by atoms with Gasteiger partial charge in [0, 0.05) is 13.2 Å². The highest BCUT2D eigenvalue weighted by Crippen LogP contribution is 2.11. The van der Waals surface area contributed by atoms with Crippen LogP contribution in [0.2, 0.25) is 0 Å². The zero-order valence-corrected chi connectivity index (χ0v) is 19.3. The standard InChI is InChI=1S/C24H47N3O3/c1-2-3-4-5-6-7-8-9-10-11-12-13-14-15-16-17-19-30-20-18-21(23(26)28)22(25)24(27)29/h9-10,21-22H,2-8,11-20,25H2,1H3,(H2,26,28)(H2,27,29)/b10-9-. The summed E-state index contributed by atoms with van der Waals surface area (Å²) in [5, 5.41) is 0. The lowest BCUT2D eigenvalue weighted by atomic mass is 9.96. The largest absolute Gasteiger partial charge is 0.381 e. The third-order valence-corrected chi connectivity index (χ3v) is 5.50. The highest BCUT2D eigenvalue weighted by molar-refractivity contribution is 5.88. The number of hydrogen-bond acceptors (Lipinski definition) is 4. The van der Waals surface area contributed by atoms with Gasteiger partial charge in [-0.25, -0.2) is 0 Å². The molecule has 2 atom stereocenters. The summed E-state index contributed by atoms with van der Waals surface area (Å²) in [6.07, 6.45) is 22.9. The van der Waals surface area contributed by atoms with Gasteiger partial charge < -0.3 is 21.9 Å². The van der Waals surface area contributed by atoms with Crippen molar-refractivity contribution in [3.05, 3.63) is 12.2 Å². The molecule has 6 heteroatoms. The molecule has 176 valence electrons. The van der Waals surface area contributed by atoms with Gasteiger partial charge in [0.1, 0.15) is 0 Å². The Morgan fingerprint density at radius 2 is 1.23 bits per heavy atom. The van der Waals surface area contributed by atoms with Gasteiger partial charge >= 0.3 is 0 Å². The van der Waals surface area contributed by atoms with E-state index in [0.29, 0.717) is 19.6 Å². The predicted octanol–water partition coefficient (Wildman–Crippen LogP) is 4.34. The molecule has 0 saturated carbocycles.